The topological polar surface area (TPSA) is 225 Å². The van der Waals surface area contributed by atoms with Crippen LogP contribution >= 0.6 is 0 Å². The van der Waals surface area contributed by atoms with Crippen molar-refractivity contribution >= 4 is 44.5 Å². The molecule has 0 saturated heterocycles. The first-order valence-corrected chi connectivity index (χ1v) is 15.5. The molecular weight excluding hydrogens is 661 g/mol. The third-order valence-electron chi connectivity index (χ3n) is 6.62. The van der Waals surface area contributed by atoms with Crippen molar-refractivity contribution in [2.24, 2.45) is 0 Å². The highest BCUT2D eigenvalue weighted by atomic mass is 32.2. The number of imidazole rings is 1. The highest BCUT2D eigenvalue weighted by molar-refractivity contribution is 7.89. The summed E-state index contributed by atoms with van der Waals surface area (Å²) in [5, 5.41) is 21.3. The highest BCUT2D eigenvalue weighted by Gasteiger charge is 2.42. The van der Waals surface area contributed by atoms with E-state index in [4.69, 9.17) is 25.5 Å². The van der Waals surface area contributed by atoms with E-state index in [0.717, 1.165) is 22.6 Å². The number of nitrogens with zero attached hydrogens (tertiary/aromatic N) is 5. The molecule has 252 valence electrons. The van der Waals surface area contributed by atoms with Crippen molar-refractivity contribution < 1.29 is 40.6 Å². The number of carbonyl (C=O) groups excluding carboxylic acids is 1. The van der Waals surface area contributed by atoms with Crippen LogP contribution in [0.2, 0.25) is 0 Å². The molecule has 16 nitrogen and oxygen atoms in total. The molecule has 2 aromatic carbocycles. The second-order valence-electron chi connectivity index (χ2n) is 9.84. The van der Waals surface area contributed by atoms with E-state index in [2.05, 4.69) is 30.8 Å². The van der Waals surface area contributed by atoms with Crippen LogP contribution in [-0.4, -0.2) is 64.5 Å². The van der Waals surface area contributed by atoms with Crippen molar-refractivity contribution in [1.29, 1.82) is 5.41 Å². The molecule has 0 aliphatic rings. The van der Waals surface area contributed by atoms with Crippen LogP contribution in [0.1, 0.15) is 13.3 Å². The molecule has 3 heterocycles. The van der Waals surface area contributed by atoms with E-state index in [0.29, 0.717) is 53.5 Å². The van der Waals surface area contributed by atoms with E-state index in [1.54, 1.807) is 6.20 Å². The minimum atomic E-state index is -5.37. The van der Waals surface area contributed by atoms with E-state index in [-0.39, 0.29) is 24.1 Å². The number of benzene rings is 2. The number of anilines is 2. The molecule has 6 N–H and O–H groups in total. The molecule has 0 saturated carbocycles. The summed E-state index contributed by atoms with van der Waals surface area (Å²) in [6.07, 6.45) is -3.30. The zero-order chi connectivity index (χ0) is 34.5. The first kappa shape index (κ1) is 33.6. The van der Waals surface area contributed by atoms with Crippen LogP contribution in [0.3, 0.4) is 0 Å². The van der Waals surface area contributed by atoms with Gasteiger partial charge in [-0.05, 0) is 52.8 Å². The Balaban J connectivity index is 1.20. The molecule has 0 aliphatic heterocycles. The summed E-state index contributed by atoms with van der Waals surface area (Å²) in [6, 6.07) is 14.2. The highest BCUT2D eigenvalue weighted by Crippen LogP contribution is 2.36. The fraction of sp³-hybridized carbons (Fsp3) is 0.214. The molecule has 5 rings (SSSR count). The Labute approximate surface area is 269 Å². The van der Waals surface area contributed by atoms with Gasteiger partial charge in [0.15, 0.2) is 29.0 Å². The third kappa shape index (κ3) is 7.44. The smallest absolute Gasteiger partial charge is 0.490 e. The van der Waals surface area contributed by atoms with Gasteiger partial charge in [-0.25, -0.2) is 27.8 Å². The van der Waals surface area contributed by atoms with Gasteiger partial charge in [0.1, 0.15) is 11.0 Å². The van der Waals surface area contributed by atoms with Crippen molar-refractivity contribution in [1.82, 2.24) is 35.1 Å². The van der Waals surface area contributed by atoms with Crippen LogP contribution in [0.15, 0.2) is 70.3 Å². The predicted octanol–water partition coefficient (Wildman–Crippen LogP) is 3.45. The van der Waals surface area contributed by atoms with E-state index >= 15 is 0 Å². The van der Waals surface area contributed by atoms with Gasteiger partial charge in [-0.1, -0.05) is 30.3 Å². The maximum atomic E-state index is 12.3. The van der Waals surface area contributed by atoms with Gasteiger partial charge < -0.3 is 30.5 Å². The minimum Gasteiger partial charge on any atom is -0.490 e. The van der Waals surface area contributed by atoms with Crippen LogP contribution in [0.4, 0.5) is 24.7 Å². The number of nitrogen functional groups attached to an aromatic ring is 1. The molecule has 0 radical (unpaired) electrons. The number of ether oxygens (including phenoxy) is 1. The Bertz CT molecular complexity index is 2030. The molecular formula is C28H27F3N10O6S. The van der Waals surface area contributed by atoms with Crippen LogP contribution in [0.5, 0.6) is 5.75 Å². The van der Waals surface area contributed by atoms with Gasteiger partial charge in [-0.3, -0.25) is 5.41 Å². The Kier molecular flexibility index (Phi) is 9.75. The maximum absolute atomic E-state index is 12.3. The molecule has 3 aromatic heterocycles. The van der Waals surface area contributed by atoms with Gasteiger partial charge in [0.25, 0.3) is 10.0 Å². The maximum Gasteiger partial charge on any atom is 0.492 e. The Morgan fingerprint density at radius 1 is 1.08 bits per heavy atom. The summed E-state index contributed by atoms with van der Waals surface area (Å²) in [5.74, 6) is -1.84. The van der Waals surface area contributed by atoms with E-state index in [1.807, 2.05) is 41.8 Å². The molecule has 0 spiro atoms. The van der Waals surface area contributed by atoms with Crippen LogP contribution in [-0.2, 0) is 26.2 Å². The standard InChI is InChI=1S/C28H27F3N10O6S/c1-2-41-23-19(15-35-20(16-7-4-3-5-8-16)21(23)37-25(41)22-24(32)39-47-38-22)45-14-6-13-34-27(33)36-17-9-11-18(12-10-17)48(43,44)40-46-26(42)28(29,30)31/h3-5,7-12,15,40H,2,6,13-14H2,1H3,(H2,32,39)(H3,33,34,36). The number of nitrogens with two attached hydrogens (primary N) is 1. The molecule has 0 bridgehead atoms. The van der Waals surface area contributed by atoms with Crippen molar-refractivity contribution in [3.8, 4) is 28.5 Å². The average Bonchev–Trinajstić information content (AvgIpc) is 3.66. The lowest BCUT2D eigenvalue weighted by molar-refractivity contribution is -0.203. The Morgan fingerprint density at radius 3 is 2.46 bits per heavy atom. The lowest BCUT2D eigenvalue weighted by Crippen LogP contribution is -2.34. The largest absolute Gasteiger partial charge is 0.492 e. The van der Waals surface area contributed by atoms with Crippen molar-refractivity contribution in [3.05, 3.63) is 60.8 Å². The SMILES string of the molecule is CCn1c(-c2nonc2N)nc2c(-c3ccccc3)ncc(OCCCNC(=N)Nc3ccc(S(=O)(=O)NOC(=O)C(F)(F)F)cc3)c21. The van der Waals surface area contributed by atoms with Gasteiger partial charge in [0.05, 0.1) is 23.4 Å². The lowest BCUT2D eigenvalue weighted by Gasteiger charge is -2.13. The summed E-state index contributed by atoms with van der Waals surface area (Å²) >= 11 is 0. The number of rotatable bonds is 12. The zero-order valence-electron chi connectivity index (χ0n) is 24.9. The van der Waals surface area contributed by atoms with Gasteiger partial charge in [0.2, 0.25) is 0 Å². The van der Waals surface area contributed by atoms with E-state index < -0.39 is 27.1 Å². The number of alkyl halides is 3. The molecule has 0 unspecified atom stereocenters. The molecule has 0 amide bonds. The minimum absolute atomic E-state index is 0.0870. The number of aromatic nitrogens is 5. The van der Waals surface area contributed by atoms with Crippen molar-refractivity contribution in [2.45, 2.75) is 31.0 Å². The second kappa shape index (κ2) is 13.9. The number of hydrogen-bond acceptors (Lipinski definition) is 12. The van der Waals surface area contributed by atoms with Crippen LogP contribution in [0, 0.1) is 5.41 Å². The molecule has 48 heavy (non-hydrogen) atoms. The number of pyridine rings is 1. The number of guanidine groups is 1. The fourth-order valence-electron chi connectivity index (χ4n) is 4.44. The fourth-order valence-corrected chi connectivity index (χ4v) is 5.21. The first-order chi connectivity index (χ1) is 22.9. The Hall–Kier alpha value is -5.76. The zero-order valence-corrected chi connectivity index (χ0v) is 25.7. The molecule has 0 fully saturated rings. The number of carbonyl (C=O) groups is 1. The number of fused-ring (bicyclic) bond motifs is 1. The van der Waals surface area contributed by atoms with E-state index in [1.165, 1.54) is 12.1 Å². The molecule has 0 aliphatic carbocycles. The number of sulfonamides is 1. The van der Waals surface area contributed by atoms with Crippen molar-refractivity contribution in [2.75, 3.05) is 24.2 Å². The van der Waals surface area contributed by atoms with Crippen LogP contribution in [0.25, 0.3) is 33.8 Å². The van der Waals surface area contributed by atoms with Gasteiger partial charge >= 0.3 is 12.1 Å². The van der Waals surface area contributed by atoms with E-state index in [9.17, 15) is 26.4 Å². The molecule has 5 aromatic rings. The quantitative estimate of drug-likeness (QED) is 0.0549. The number of aryl methyl sites for hydroxylation is 1. The normalized spacial score (nSPS) is 11.8. The first-order valence-electron chi connectivity index (χ1n) is 14.0. The summed E-state index contributed by atoms with van der Waals surface area (Å²) in [5.41, 5.74) is 9.29. The van der Waals surface area contributed by atoms with Gasteiger partial charge in [-0.15, -0.1) is 0 Å². The van der Waals surface area contributed by atoms with Crippen LogP contribution < -0.4 is 26.0 Å². The van der Waals surface area contributed by atoms with Crippen molar-refractivity contribution in [3.63, 3.8) is 0 Å². The lowest BCUT2D eigenvalue weighted by atomic mass is 10.1. The summed E-state index contributed by atoms with van der Waals surface area (Å²) in [6.45, 7) is 2.97. The number of hydrogen-bond donors (Lipinski definition) is 5. The Morgan fingerprint density at radius 2 is 1.81 bits per heavy atom. The van der Waals surface area contributed by atoms with Gasteiger partial charge in [0, 0.05) is 24.3 Å². The molecule has 20 heteroatoms. The number of halogens is 3. The summed E-state index contributed by atoms with van der Waals surface area (Å²) in [4.78, 5) is 24.5. The molecule has 0 atom stereocenters. The third-order valence-corrected chi connectivity index (χ3v) is 7.81. The van der Waals surface area contributed by atoms with Gasteiger partial charge in [-0.2, -0.15) is 13.2 Å². The predicted molar refractivity (Wildman–Crippen MR) is 165 cm³/mol. The monoisotopic (exact) mass is 688 g/mol. The average molecular weight is 689 g/mol. The summed E-state index contributed by atoms with van der Waals surface area (Å²) in [7, 11) is -4.58. The number of nitrogens with one attached hydrogen (secondary N) is 4. The summed E-state index contributed by atoms with van der Waals surface area (Å²) < 4.78 is 73.7. The second-order valence-corrected chi connectivity index (χ2v) is 11.5.